The molecule has 0 unspecified atom stereocenters. The second kappa shape index (κ2) is 6.94. The molecule has 0 spiro atoms. The predicted octanol–water partition coefficient (Wildman–Crippen LogP) is 2.61. The van der Waals surface area contributed by atoms with Crippen LogP contribution in [0.2, 0.25) is 0 Å². The van der Waals surface area contributed by atoms with Crippen molar-refractivity contribution in [1.29, 1.82) is 5.41 Å². The molecule has 21 heavy (non-hydrogen) atoms. The maximum atomic E-state index is 7.90. The van der Waals surface area contributed by atoms with Crippen molar-refractivity contribution in [3.63, 3.8) is 0 Å². The number of rotatable bonds is 5. The molecule has 2 aromatic rings. The predicted molar refractivity (Wildman–Crippen MR) is 84.6 cm³/mol. The summed E-state index contributed by atoms with van der Waals surface area (Å²) >= 11 is 1.50. The van der Waals surface area contributed by atoms with Gasteiger partial charge >= 0.3 is 0 Å². The molecule has 7 heteroatoms. The average Bonchev–Trinajstić information content (AvgIpc) is 2.89. The van der Waals surface area contributed by atoms with E-state index in [4.69, 9.17) is 14.9 Å². The fraction of sp³-hybridized carbons (Fsp3) is 0.286. The van der Waals surface area contributed by atoms with Gasteiger partial charge in [0.25, 0.3) is 0 Å². The molecule has 1 aromatic heterocycles. The third-order valence-electron chi connectivity index (χ3n) is 2.83. The van der Waals surface area contributed by atoms with Gasteiger partial charge in [-0.25, -0.2) is 4.98 Å². The number of nitrogens with zero attached hydrogens (tertiary/aromatic N) is 1. The first-order chi connectivity index (χ1) is 10.1. The Morgan fingerprint density at radius 2 is 1.95 bits per heavy atom. The highest BCUT2D eigenvalue weighted by Crippen LogP contribution is 2.27. The molecule has 2 rings (SSSR count). The van der Waals surface area contributed by atoms with Gasteiger partial charge in [0.1, 0.15) is 11.5 Å². The molecule has 0 atom stereocenters. The fourth-order valence-electron chi connectivity index (χ4n) is 1.84. The van der Waals surface area contributed by atoms with Crippen molar-refractivity contribution in [2.24, 2.45) is 0 Å². The first-order valence-electron chi connectivity index (χ1n) is 6.35. The van der Waals surface area contributed by atoms with Crippen molar-refractivity contribution in [3.05, 3.63) is 34.8 Å². The highest BCUT2D eigenvalue weighted by molar-refractivity contribution is 7.15. The second-order valence-corrected chi connectivity index (χ2v) is 5.51. The number of aromatic nitrogens is 1. The lowest BCUT2D eigenvalue weighted by molar-refractivity contribution is 0.384. The van der Waals surface area contributed by atoms with Crippen LogP contribution >= 0.6 is 11.3 Å². The van der Waals surface area contributed by atoms with Crippen molar-refractivity contribution < 1.29 is 9.47 Å². The van der Waals surface area contributed by atoms with E-state index in [9.17, 15) is 0 Å². The SMILES string of the molecule is COc1cccc(OC)c1CNC(=N)Nc1ncc(C)s1. The van der Waals surface area contributed by atoms with Crippen LogP contribution in [0, 0.1) is 12.3 Å². The molecule has 0 bridgehead atoms. The van der Waals surface area contributed by atoms with Crippen LogP contribution in [-0.4, -0.2) is 25.2 Å². The van der Waals surface area contributed by atoms with E-state index in [0.717, 1.165) is 21.9 Å². The van der Waals surface area contributed by atoms with E-state index in [1.165, 1.54) is 11.3 Å². The largest absolute Gasteiger partial charge is 0.496 e. The topological polar surface area (TPSA) is 79.3 Å². The zero-order valence-corrected chi connectivity index (χ0v) is 13.0. The molecule has 3 N–H and O–H groups in total. The molecule has 0 aliphatic rings. The summed E-state index contributed by atoms with van der Waals surface area (Å²) in [5.41, 5.74) is 0.865. The van der Waals surface area contributed by atoms with Gasteiger partial charge in [0.2, 0.25) is 0 Å². The smallest absolute Gasteiger partial charge is 0.195 e. The van der Waals surface area contributed by atoms with Gasteiger partial charge in [-0.15, -0.1) is 11.3 Å². The molecular formula is C14H18N4O2S. The summed E-state index contributed by atoms with van der Waals surface area (Å²) in [6.07, 6.45) is 1.77. The van der Waals surface area contributed by atoms with Crippen LogP contribution in [0.4, 0.5) is 5.13 Å². The second-order valence-electron chi connectivity index (χ2n) is 4.27. The number of thiazole rings is 1. The molecule has 0 radical (unpaired) electrons. The molecule has 112 valence electrons. The van der Waals surface area contributed by atoms with Gasteiger partial charge in [0.05, 0.1) is 26.3 Å². The summed E-state index contributed by atoms with van der Waals surface area (Å²) in [5.74, 6) is 1.62. The van der Waals surface area contributed by atoms with Gasteiger partial charge in [-0.2, -0.15) is 0 Å². The summed E-state index contributed by atoms with van der Waals surface area (Å²) < 4.78 is 10.6. The van der Waals surface area contributed by atoms with Crippen molar-refractivity contribution >= 4 is 22.4 Å². The number of ether oxygens (including phenoxy) is 2. The third kappa shape index (κ3) is 3.85. The van der Waals surface area contributed by atoms with Crippen molar-refractivity contribution in [3.8, 4) is 11.5 Å². The minimum absolute atomic E-state index is 0.178. The van der Waals surface area contributed by atoms with E-state index in [2.05, 4.69) is 15.6 Å². The zero-order chi connectivity index (χ0) is 15.2. The highest BCUT2D eigenvalue weighted by Gasteiger charge is 2.10. The molecule has 1 aromatic carbocycles. The van der Waals surface area contributed by atoms with Crippen LogP contribution in [0.5, 0.6) is 11.5 Å². The Bertz CT molecular complexity index is 605. The van der Waals surface area contributed by atoms with Crippen LogP contribution in [0.3, 0.4) is 0 Å². The molecule has 6 nitrogen and oxygen atoms in total. The summed E-state index contributed by atoms with van der Waals surface area (Å²) in [6.45, 7) is 2.39. The molecule has 0 aliphatic heterocycles. The Morgan fingerprint density at radius 3 is 2.48 bits per heavy atom. The van der Waals surface area contributed by atoms with Crippen LogP contribution in [0.1, 0.15) is 10.4 Å². The van der Waals surface area contributed by atoms with Gasteiger partial charge in [-0.1, -0.05) is 6.07 Å². The van der Waals surface area contributed by atoms with Crippen molar-refractivity contribution in [1.82, 2.24) is 10.3 Å². The van der Waals surface area contributed by atoms with E-state index in [1.54, 1.807) is 20.4 Å². The number of nitrogens with one attached hydrogen (secondary N) is 3. The lowest BCUT2D eigenvalue weighted by atomic mass is 10.1. The van der Waals surface area contributed by atoms with Crippen LogP contribution in [-0.2, 0) is 6.54 Å². The summed E-state index contributed by atoms with van der Waals surface area (Å²) in [5, 5.41) is 14.5. The Hall–Kier alpha value is -2.28. The molecule has 0 aliphatic carbocycles. The number of aryl methyl sites for hydroxylation is 1. The Labute approximate surface area is 127 Å². The zero-order valence-electron chi connectivity index (χ0n) is 12.2. The van der Waals surface area contributed by atoms with E-state index >= 15 is 0 Å². The van der Waals surface area contributed by atoms with Crippen molar-refractivity contribution in [2.45, 2.75) is 13.5 Å². The Kier molecular flexibility index (Phi) is 4.99. The monoisotopic (exact) mass is 306 g/mol. The fourth-order valence-corrected chi connectivity index (χ4v) is 2.51. The van der Waals surface area contributed by atoms with Crippen LogP contribution in [0.15, 0.2) is 24.4 Å². The molecule has 0 fully saturated rings. The van der Waals surface area contributed by atoms with Gasteiger partial charge in [0.15, 0.2) is 11.1 Å². The third-order valence-corrected chi connectivity index (χ3v) is 3.65. The maximum Gasteiger partial charge on any atom is 0.195 e. The first kappa shape index (κ1) is 15.1. The first-order valence-corrected chi connectivity index (χ1v) is 7.17. The average molecular weight is 306 g/mol. The Balaban J connectivity index is 2.00. The minimum Gasteiger partial charge on any atom is -0.496 e. The van der Waals surface area contributed by atoms with Gasteiger partial charge in [-0.05, 0) is 19.1 Å². The van der Waals surface area contributed by atoms with Gasteiger partial charge < -0.3 is 20.1 Å². The van der Waals surface area contributed by atoms with E-state index in [1.807, 2.05) is 25.1 Å². The van der Waals surface area contributed by atoms with Crippen LogP contribution in [0.25, 0.3) is 0 Å². The number of hydrogen-bond donors (Lipinski definition) is 3. The van der Waals surface area contributed by atoms with Crippen molar-refractivity contribution in [2.75, 3.05) is 19.5 Å². The van der Waals surface area contributed by atoms with Gasteiger partial charge in [0, 0.05) is 11.1 Å². The lowest BCUT2D eigenvalue weighted by Gasteiger charge is -2.14. The standard InChI is InChI=1S/C14H18N4O2S/c1-9-7-17-14(21-9)18-13(15)16-8-10-11(19-2)5-4-6-12(10)20-3/h4-7H,8H2,1-3H3,(H3,15,16,17,18). The molecule has 0 saturated heterocycles. The summed E-state index contributed by atoms with van der Waals surface area (Å²) in [7, 11) is 3.22. The summed E-state index contributed by atoms with van der Waals surface area (Å²) in [4.78, 5) is 5.25. The van der Waals surface area contributed by atoms with E-state index in [-0.39, 0.29) is 5.96 Å². The summed E-state index contributed by atoms with van der Waals surface area (Å²) in [6, 6.07) is 5.59. The number of methoxy groups -OCH3 is 2. The molecular weight excluding hydrogens is 288 g/mol. The maximum absolute atomic E-state index is 7.90. The molecule has 1 heterocycles. The quantitative estimate of drug-likeness (QED) is 0.584. The van der Waals surface area contributed by atoms with Gasteiger partial charge in [-0.3, -0.25) is 5.41 Å². The molecule has 0 saturated carbocycles. The number of anilines is 1. The minimum atomic E-state index is 0.178. The highest BCUT2D eigenvalue weighted by atomic mass is 32.1. The number of benzene rings is 1. The van der Waals surface area contributed by atoms with Crippen LogP contribution < -0.4 is 20.1 Å². The Morgan fingerprint density at radius 1 is 1.29 bits per heavy atom. The number of hydrogen-bond acceptors (Lipinski definition) is 5. The molecule has 0 amide bonds. The lowest BCUT2D eigenvalue weighted by Crippen LogP contribution is -2.29. The number of guanidine groups is 1. The normalized spacial score (nSPS) is 10.0. The van der Waals surface area contributed by atoms with E-state index < -0.39 is 0 Å². The van der Waals surface area contributed by atoms with E-state index in [0.29, 0.717) is 11.7 Å².